The summed E-state index contributed by atoms with van der Waals surface area (Å²) < 4.78 is 13.6. The highest BCUT2D eigenvalue weighted by molar-refractivity contribution is 6.30. The van der Waals surface area contributed by atoms with Crippen molar-refractivity contribution in [2.75, 3.05) is 11.9 Å². The van der Waals surface area contributed by atoms with Crippen molar-refractivity contribution in [2.45, 2.75) is 44.7 Å². The Kier molecular flexibility index (Phi) is 4.84. The normalized spacial score (nSPS) is 21.6. The molecule has 2 nitrogen and oxygen atoms in total. The minimum absolute atomic E-state index is 0.247. The number of piperidine rings is 1. The van der Waals surface area contributed by atoms with Gasteiger partial charge in [0.2, 0.25) is 0 Å². The van der Waals surface area contributed by atoms with Crippen LogP contribution in [0.2, 0.25) is 5.02 Å². The van der Waals surface area contributed by atoms with Gasteiger partial charge < -0.3 is 10.6 Å². The van der Waals surface area contributed by atoms with E-state index in [2.05, 4.69) is 17.6 Å². The van der Waals surface area contributed by atoms with E-state index in [0.29, 0.717) is 16.8 Å². The Morgan fingerprint density at radius 1 is 1.50 bits per heavy atom. The number of benzene rings is 1. The SMILES string of the molecule is CC(CC1CCCCN1)Nc1ccc(Cl)cc1F. The lowest BCUT2D eigenvalue weighted by atomic mass is 9.98. The van der Waals surface area contributed by atoms with Gasteiger partial charge in [0.25, 0.3) is 0 Å². The molecule has 0 spiro atoms. The van der Waals surface area contributed by atoms with Gasteiger partial charge in [-0.1, -0.05) is 18.0 Å². The van der Waals surface area contributed by atoms with E-state index in [1.807, 2.05) is 0 Å². The van der Waals surface area contributed by atoms with Crippen LogP contribution < -0.4 is 10.6 Å². The van der Waals surface area contributed by atoms with Crippen LogP contribution in [0, 0.1) is 5.82 Å². The van der Waals surface area contributed by atoms with Crippen molar-refractivity contribution in [3.63, 3.8) is 0 Å². The molecule has 1 fully saturated rings. The molecular weight excluding hydrogens is 251 g/mol. The molecule has 1 aliphatic rings. The van der Waals surface area contributed by atoms with Gasteiger partial charge in [-0.2, -0.15) is 0 Å². The van der Waals surface area contributed by atoms with Gasteiger partial charge in [-0.3, -0.25) is 0 Å². The first-order valence-corrected chi connectivity index (χ1v) is 6.98. The minimum Gasteiger partial charge on any atom is -0.380 e. The number of nitrogens with one attached hydrogen (secondary N) is 2. The van der Waals surface area contributed by atoms with E-state index >= 15 is 0 Å². The molecule has 0 radical (unpaired) electrons. The Morgan fingerprint density at radius 2 is 2.33 bits per heavy atom. The molecule has 1 aromatic carbocycles. The zero-order valence-electron chi connectivity index (χ0n) is 10.7. The fourth-order valence-electron chi connectivity index (χ4n) is 2.48. The predicted molar refractivity (Wildman–Crippen MR) is 74.8 cm³/mol. The lowest BCUT2D eigenvalue weighted by molar-refractivity contribution is 0.371. The maximum absolute atomic E-state index is 13.6. The van der Waals surface area contributed by atoms with E-state index in [4.69, 9.17) is 11.6 Å². The molecule has 2 N–H and O–H groups in total. The summed E-state index contributed by atoms with van der Waals surface area (Å²) in [6, 6.07) is 5.55. The Hall–Kier alpha value is -0.800. The van der Waals surface area contributed by atoms with Gasteiger partial charge in [-0.15, -0.1) is 0 Å². The largest absolute Gasteiger partial charge is 0.380 e. The van der Waals surface area contributed by atoms with Crippen LogP contribution in [0.3, 0.4) is 0 Å². The van der Waals surface area contributed by atoms with E-state index < -0.39 is 0 Å². The van der Waals surface area contributed by atoms with Crippen LogP contribution in [-0.2, 0) is 0 Å². The summed E-state index contributed by atoms with van der Waals surface area (Å²) in [6.07, 6.45) is 4.79. The molecule has 18 heavy (non-hydrogen) atoms. The third-order valence-electron chi connectivity index (χ3n) is 3.38. The lowest BCUT2D eigenvalue weighted by Gasteiger charge is -2.27. The summed E-state index contributed by atoms with van der Waals surface area (Å²) in [5.41, 5.74) is 0.530. The number of hydrogen-bond donors (Lipinski definition) is 2. The quantitative estimate of drug-likeness (QED) is 0.869. The highest BCUT2D eigenvalue weighted by Gasteiger charge is 2.16. The van der Waals surface area contributed by atoms with Crippen LogP contribution in [0.15, 0.2) is 18.2 Å². The monoisotopic (exact) mass is 270 g/mol. The summed E-state index contributed by atoms with van der Waals surface area (Å²) in [7, 11) is 0. The fourth-order valence-corrected chi connectivity index (χ4v) is 2.64. The molecule has 2 rings (SSSR count). The van der Waals surface area contributed by atoms with Crippen molar-refractivity contribution in [1.29, 1.82) is 0 Å². The van der Waals surface area contributed by atoms with Gasteiger partial charge in [0.1, 0.15) is 5.82 Å². The number of anilines is 1. The zero-order valence-corrected chi connectivity index (χ0v) is 11.4. The lowest BCUT2D eigenvalue weighted by Crippen LogP contribution is -2.37. The van der Waals surface area contributed by atoms with Crippen molar-refractivity contribution in [2.24, 2.45) is 0 Å². The maximum atomic E-state index is 13.6. The molecule has 0 aliphatic carbocycles. The Labute approximate surface area is 113 Å². The standard InChI is InChI=1S/C14H20ClFN2/c1-10(8-12-4-2-3-7-17-12)18-14-6-5-11(15)9-13(14)16/h5-6,9-10,12,17-18H,2-4,7-8H2,1H3. The highest BCUT2D eigenvalue weighted by Crippen LogP contribution is 2.21. The number of halogens is 2. The van der Waals surface area contributed by atoms with Gasteiger partial charge in [-0.25, -0.2) is 4.39 Å². The van der Waals surface area contributed by atoms with Crippen molar-refractivity contribution >= 4 is 17.3 Å². The van der Waals surface area contributed by atoms with E-state index in [-0.39, 0.29) is 11.9 Å². The summed E-state index contributed by atoms with van der Waals surface area (Å²) in [6.45, 7) is 3.19. The zero-order chi connectivity index (χ0) is 13.0. The molecule has 0 aromatic heterocycles. The number of rotatable bonds is 4. The molecule has 2 unspecified atom stereocenters. The average Bonchev–Trinajstić information content (AvgIpc) is 2.34. The third kappa shape index (κ3) is 3.85. The topological polar surface area (TPSA) is 24.1 Å². The summed E-state index contributed by atoms with van der Waals surface area (Å²) in [4.78, 5) is 0. The Bertz CT molecular complexity index is 391. The maximum Gasteiger partial charge on any atom is 0.147 e. The number of hydrogen-bond acceptors (Lipinski definition) is 2. The van der Waals surface area contributed by atoms with Gasteiger partial charge >= 0.3 is 0 Å². The van der Waals surface area contributed by atoms with E-state index in [0.717, 1.165) is 13.0 Å². The van der Waals surface area contributed by atoms with Crippen LogP contribution in [0.5, 0.6) is 0 Å². The molecule has 0 saturated carbocycles. The first-order chi connectivity index (χ1) is 8.65. The summed E-state index contributed by atoms with van der Waals surface area (Å²) in [5, 5.41) is 7.15. The molecule has 1 saturated heterocycles. The van der Waals surface area contributed by atoms with Gasteiger partial charge in [0, 0.05) is 17.1 Å². The van der Waals surface area contributed by atoms with Crippen molar-refractivity contribution in [3.05, 3.63) is 29.0 Å². The van der Waals surface area contributed by atoms with E-state index in [9.17, 15) is 4.39 Å². The van der Waals surface area contributed by atoms with Crippen LogP contribution in [0.25, 0.3) is 0 Å². The van der Waals surface area contributed by atoms with Gasteiger partial charge in [0.15, 0.2) is 0 Å². The molecule has 1 aromatic rings. The minimum atomic E-state index is -0.286. The smallest absolute Gasteiger partial charge is 0.147 e. The Balaban J connectivity index is 1.87. The highest BCUT2D eigenvalue weighted by atomic mass is 35.5. The fraction of sp³-hybridized carbons (Fsp3) is 0.571. The van der Waals surface area contributed by atoms with Crippen LogP contribution in [-0.4, -0.2) is 18.6 Å². The first kappa shape index (κ1) is 13.6. The predicted octanol–water partition coefficient (Wildman–Crippen LogP) is 3.81. The molecule has 100 valence electrons. The molecule has 0 amide bonds. The Morgan fingerprint density at radius 3 is 3.00 bits per heavy atom. The third-order valence-corrected chi connectivity index (χ3v) is 3.62. The molecular formula is C14H20ClFN2. The second-order valence-corrected chi connectivity index (χ2v) is 5.49. The van der Waals surface area contributed by atoms with Crippen LogP contribution >= 0.6 is 11.6 Å². The molecule has 0 bridgehead atoms. The van der Waals surface area contributed by atoms with E-state index in [1.165, 1.54) is 25.3 Å². The molecule has 1 aliphatic heterocycles. The van der Waals surface area contributed by atoms with Crippen LogP contribution in [0.1, 0.15) is 32.6 Å². The van der Waals surface area contributed by atoms with Gasteiger partial charge in [-0.05, 0) is 50.9 Å². The first-order valence-electron chi connectivity index (χ1n) is 6.60. The van der Waals surface area contributed by atoms with E-state index in [1.54, 1.807) is 12.1 Å². The van der Waals surface area contributed by atoms with Crippen molar-refractivity contribution in [3.8, 4) is 0 Å². The average molecular weight is 271 g/mol. The summed E-state index contributed by atoms with van der Waals surface area (Å²) >= 11 is 5.73. The second-order valence-electron chi connectivity index (χ2n) is 5.05. The molecule has 2 atom stereocenters. The second kappa shape index (κ2) is 6.39. The van der Waals surface area contributed by atoms with Crippen molar-refractivity contribution in [1.82, 2.24) is 5.32 Å². The van der Waals surface area contributed by atoms with Crippen LogP contribution in [0.4, 0.5) is 10.1 Å². The molecule has 1 heterocycles. The molecule has 4 heteroatoms. The van der Waals surface area contributed by atoms with Gasteiger partial charge in [0.05, 0.1) is 5.69 Å². The summed E-state index contributed by atoms with van der Waals surface area (Å²) in [5.74, 6) is -0.286. The van der Waals surface area contributed by atoms with Crippen molar-refractivity contribution < 1.29 is 4.39 Å².